The van der Waals surface area contributed by atoms with E-state index < -0.39 is 12.0 Å². The van der Waals surface area contributed by atoms with Crippen LogP contribution in [-0.2, 0) is 9.59 Å². The van der Waals surface area contributed by atoms with E-state index in [0.29, 0.717) is 19.3 Å². The number of amides is 1. The molecule has 1 amide bonds. The molecule has 0 bridgehead atoms. The first-order chi connectivity index (χ1) is 11.7. The monoisotopic (exact) mass is 362 g/mol. The second kappa shape index (κ2) is 10.5. The summed E-state index contributed by atoms with van der Waals surface area (Å²) in [5, 5.41) is 0. The summed E-state index contributed by atoms with van der Waals surface area (Å²) in [6.07, 6.45) is 2.67. The van der Waals surface area contributed by atoms with Crippen molar-refractivity contribution in [3.63, 3.8) is 0 Å². The van der Waals surface area contributed by atoms with E-state index in [0.717, 1.165) is 38.5 Å². The zero-order valence-electron chi connectivity index (χ0n) is 15.1. The van der Waals surface area contributed by atoms with E-state index in [2.05, 4.69) is 10.9 Å². The molecule has 7 heteroatoms. The first-order valence-corrected chi connectivity index (χ1v) is 9.13. The predicted octanol–water partition coefficient (Wildman–Crippen LogP) is 4.56. The molecule has 0 aromatic heterocycles. The summed E-state index contributed by atoms with van der Waals surface area (Å²) in [7, 11) is 0. The molecule has 4 nitrogen and oxygen atoms in total. The molecule has 0 atom stereocenters. The molecule has 0 fully saturated rings. The van der Waals surface area contributed by atoms with Gasteiger partial charge in [-0.25, -0.2) is 0 Å². The fraction of sp³-hybridized carbons (Fsp3) is 0.778. The second-order valence-corrected chi connectivity index (χ2v) is 6.88. The Kier molecular flexibility index (Phi) is 9.00. The van der Waals surface area contributed by atoms with Crippen molar-refractivity contribution >= 4 is 11.7 Å². The quantitative estimate of drug-likeness (QED) is 0.721. The smallest absolute Gasteiger partial charge is 0.302 e. The van der Waals surface area contributed by atoms with E-state index in [1.807, 2.05) is 0 Å². The number of ketones is 1. The molecular weight excluding hydrogens is 333 g/mol. The summed E-state index contributed by atoms with van der Waals surface area (Å²) in [5.41, 5.74) is 5.02. The van der Waals surface area contributed by atoms with Crippen LogP contribution in [0.4, 0.5) is 13.2 Å². The van der Waals surface area contributed by atoms with Crippen LogP contribution >= 0.6 is 0 Å². The van der Waals surface area contributed by atoms with Crippen LogP contribution in [0, 0.1) is 5.92 Å². The van der Waals surface area contributed by atoms with Crippen molar-refractivity contribution in [2.45, 2.75) is 84.2 Å². The standard InChI is InChI=1S/C18H29F3N2O2/c1-13(2)17(25)23-22-15-12-10-8-6-4-3-5-7-9-11-14(15)16(24)18(19,20)21/h13,22H,3-12H2,1-2H3,(H,23,25)/b15-14-. The largest absolute Gasteiger partial charge is 0.454 e. The molecule has 0 aromatic rings. The maximum atomic E-state index is 13.0. The number of nitrogens with one attached hydrogen (secondary N) is 2. The van der Waals surface area contributed by atoms with Crippen molar-refractivity contribution in [1.29, 1.82) is 0 Å². The van der Waals surface area contributed by atoms with Gasteiger partial charge in [-0.05, 0) is 25.7 Å². The highest BCUT2D eigenvalue weighted by molar-refractivity contribution is 6.00. The lowest BCUT2D eigenvalue weighted by atomic mass is 9.96. The summed E-state index contributed by atoms with van der Waals surface area (Å²) < 4.78 is 39.0. The van der Waals surface area contributed by atoms with E-state index in [1.54, 1.807) is 13.8 Å². The third-order valence-electron chi connectivity index (χ3n) is 4.36. The van der Waals surface area contributed by atoms with Crippen LogP contribution in [0.2, 0.25) is 0 Å². The van der Waals surface area contributed by atoms with Gasteiger partial charge < -0.3 is 5.43 Å². The predicted molar refractivity (Wildman–Crippen MR) is 90.4 cm³/mol. The molecule has 0 aromatic carbocycles. The second-order valence-electron chi connectivity index (χ2n) is 6.88. The molecule has 0 unspecified atom stereocenters. The lowest BCUT2D eigenvalue weighted by molar-refractivity contribution is -0.166. The Morgan fingerprint density at radius 3 is 1.84 bits per heavy atom. The van der Waals surface area contributed by atoms with Crippen molar-refractivity contribution in [3.8, 4) is 0 Å². The van der Waals surface area contributed by atoms with Gasteiger partial charge in [0.1, 0.15) is 0 Å². The van der Waals surface area contributed by atoms with Crippen molar-refractivity contribution in [2.75, 3.05) is 0 Å². The number of carbonyl (C=O) groups is 2. The first kappa shape index (κ1) is 21.5. The molecule has 0 radical (unpaired) electrons. The number of alkyl halides is 3. The van der Waals surface area contributed by atoms with E-state index in [9.17, 15) is 22.8 Å². The summed E-state index contributed by atoms with van der Waals surface area (Å²) in [6.45, 7) is 3.38. The van der Waals surface area contributed by atoms with Gasteiger partial charge in [0.05, 0.1) is 0 Å². The summed E-state index contributed by atoms with van der Waals surface area (Å²) in [5.74, 6) is -2.43. The first-order valence-electron chi connectivity index (χ1n) is 9.13. The molecular formula is C18H29F3N2O2. The summed E-state index contributed by atoms with van der Waals surface area (Å²) >= 11 is 0. The summed E-state index contributed by atoms with van der Waals surface area (Å²) in [6, 6.07) is 0. The minimum Gasteiger partial charge on any atom is -0.302 e. The van der Waals surface area contributed by atoms with Crippen LogP contribution in [0.5, 0.6) is 0 Å². The van der Waals surface area contributed by atoms with Gasteiger partial charge >= 0.3 is 6.18 Å². The minimum atomic E-state index is -4.90. The van der Waals surface area contributed by atoms with E-state index in [4.69, 9.17) is 0 Å². The highest BCUT2D eigenvalue weighted by atomic mass is 19.4. The molecule has 1 aliphatic carbocycles. The molecule has 0 saturated heterocycles. The molecule has 2 N–H and O–H groups in total. The Balaban J connectivity index is 3.03. The number of hydrogen-bond acceptors (Lipinski definition) is 3. The normalized spacial score (nSPS) is 21.2. The van der Waals surface area contributed by atoms with Crippen LogP contribution in [0.25, 0.3) is 0 Å². The number of Topliss-reactive ketones (excluding diaryl/α,β-unsaturated/α-hetero) is 1. The fourth-order valence-corrected chi connectivity index (χ4v) is 2.81. The van der Waals surface area contributed by atoms with Gasteiger partial charge in [-0.2, -0.15) is 13.2 Å². The number of carbonyl (C=O) groups excluding carboxylic acids is 2. The van der Waals surface area contributed by atoms with E-state index in [1.165, 1.54) is 0 Å². The Morgan fingerprint density at radius 2 is 1.36 bits per heavy atom. The summed E-state index contributed by atoms with van der Waals surface area (Å²) in [4.78, 5) is 23.6. The highest BCUT2D eigenvalue weighted by Crippen LogP contribution is 2.28. The fourth-order valence-electron chi connectivity index (χ4n) is 2.81. The molecule has 0 heterocycles. The lowest BCUT2D eigenvalue weighted by Gasteiger charge is -2.20. The van der Waals surface area contributed by atoms with Crippen LogP contribution in [0.15, 0.2) is 11.3 Å². The van der Waals surface area contributed by atoms with Gasteiger partial charge in [-0.15, -0.1) is 0 Å². The molecule has 1 aliphatic rings. The number of allylic oxidation sites excluding steroid dienone is 2. The van der Waals surface area contributed by atoms with E-state index >= 15 is 0 Å². The third kappa shape index (κ3) is 7.92. The van der Waals surface area contributed by atoms with Gasteiger partial charge in [0.15, 0.2) is 0 Å². The van der Waals surface area contributed by atoms with Crippen LogP contribution in [0.1, 0.15) is 78.1 Å². The molecule has 0 aliphatic heterocycles. The molecule has 0 saturated carbocycles. The number of hydrogen-bond donors (Lipinski definition) is 2. The van der Waals surface area contributed by atoms with Gasteiger partial charge in [0, 0.05) is 17.2 Å². The Labute approximate surface area is 147 Å². The third-order valence-corrected chi connectivity index (χ3v) is 4.36. The van der Waals surface area contributed by atoms with Crippen molar-refractivity contribution in [3.05, 3.63) is 11.3 Å². The zero-order chi connectivity index (χ0) is 18.9. The molecule has 1 rings (SSSR count). The van der Waals surface area contributed by atoms with Gasteiger partial charge in [0.25, 0.3) is 5.78 Å². The van der Waals surface area contributed by atoms with Gasteiger partial charge in [-0.3, -0.25) is 15.0 Å². The van der Waals surface area contributed by atoms with Crippen molar-refractivity contribution < 1.29 is 22.8 Å². The van der Waals surface area contributed by atoms with Crippen molar-refractivity contribution in [2.24, 2.45) is 5.92 Å². The zero-order valence-corrected chi connectivity index (χ0v) is 15.1. The molecule has 25 heavy (non-hydrogen) atoms. The van der Waals surface area contributed by atoms with Gasteiger partial charge in [0.2, 0.25) is 5.91 Å². The van der Waals surface area contributed by atoms with Crippen LogP contribution < -0.4 is 10.9 Å². The average molecular weight is 362 g/mol. The minimum absolute atomic E-state index is 0.0816. The average Bonchev–Trinajstić information content (AvgIpc) is 2.52. The van der Waals surface area contributed by atoms with Crippen molar-refractivity contribution in [1.82, 2.24) is 10.9 Å². The number of hydrazine groups is 1. The molecule has 0 spiro atoms. The number of rotatable bonds is 4. The lowest BCUT2D eigenvalue weighted by Crippen LogP contribution is -2.41. The Morgan fingerprint density at radius 1 is 0.880 bits per heavy atom. The van der Waals surface area contributed by atoms with E-state index in [-0.39, 0.29) is 29.5 Å². The van der Waals surface area contributed by atoms with Crippen LogP contribution in [-0.4, -0.2) is 17.9 Å². The number of halogens is 3. The van der Waals surface area contributed by atoms with Gasteiger partial charge in [-0.1, -0.05) is 52.4 Å². The Hall–Kier alpha value is -1.53. The SMILES string of the molecule is CC(C)C(=O)NN/C1=C(\C(=O)C(F)(F)F)CCCCCCCCCC1. The Bertz CT molecular complexity index is 485. The van der Waals surface area contributed by atoms with Crippen LogP contribution in [0.3, 0.4) is 0 Å². The highest BCUT2D eigenvalue weighted by Gasteiger charge is 2.41. The maximum absolute atomic E-state index is 13.0. The molecule has 144 valence electrons. The topological polar surface area (TPSA) is 58.2 Å². The maximum Gasteiger partial charge on any atom is 0.454 e.